The quantitative estimate of drug-likeness (QED) is 0.494. The third-order valence-corrected chi connectivity index (χ3v) is 6.04. The van der Waals surface area contributed by atoms with Crippen molar-refractivity contribution in [3.63, 3.8) is 0 Å². The van der Waals surface area contributed by atoms with Crippen LogP contribution in [0.3, 0.4) is 0 Å². The molecule has 8 nitrogen and oxygen atoms in total. The lowest BCUT2D eigenvalue weighted by atomic mass is 10.00. The van der Waals surface area contributed by atoms with Crippen molar-refractivity contribution in [3.8, 4) is 28.6 Å². The average Bonchev–Trinajstić information content (AvgIpc) is 2.94. The second kappa shape index (κ2) is 11.8. The van der Waals surface area contributed by atoms with Crippen molar-refractivity contribution < 1.29 is 14.3 Å². The van der Waals surface area contributed by atoms with Crippen LogP contribution in [0, 0.1) is 11.3 Å². The molecule has 0 saturated heterocycles. The van der Waals surface area contributed by atoms with Crippen molar-refractivity contribution in [1.82, 2.24) is 20.3 Å². The Morgan fingerprint density at radius 1 is 1.05 bits per heavy atom. The molecule has 0 aliphatic heterocycles. The number of rotatable bonds is 7. The van der Waals surface area contributed by atoms with Crippen LogP contribution < -0.4 is 5.32 Å². The molecule has 0 fully saturated rings. The zero-order chi connectivity index (χ0) is 26.2. The van der Waals surface area contributed by atoms with E-state index < -0.39 is 0 Å². The first-order chi connectivity index (χ1) is 18.0. The molecule has 3 aromatic rings. The van der Waals surface area contributed by atoms with Gasteiger partial charge in [-0.3, -0.25) is 19.7 Å². The Hall–Kier alpha value is -4.77. The number of hydrogen-bond acceptors (Lipinski definition) is 7. The summed E-state index contributed by atoms with van der Waals surface area (Å²) in [5, 5.41) is 12.3. The van der Waals surface area contributed by atoms with Crippen molar-refractivity contribution in [2.75, 3.05) is 20.8 Å². The number of amides is 1. The van der Waals surface area contributed by atoms with Gasteiger partial charge in [-0.15, -0.1) is 0 Å². The fourth-order valence-corrected chi connectivity index (χ4v) is 4.06. The molecule has 1 aliphatic rings. The summed E-state index contributed by atoms with van der Waals surface area (Å²) in [4.78, 5) is 26.6. The van der Waals surface area contributed by atoms with E-state index in [1.807, 2.05) is 37.3 Å². The summed E-state index contributed by atoms with van der Waals surface area (Å²) in [6.07, 6.45) is 11.8. The van der Waals surface area contributed by atoms with Crippen LogP contribution in [0.2, 0.25) is 0 Å². The molecule has 0 aromatic carbocycles. The second-order valence-corrected chi connectivity index (χ2v) is 8.47. The molecule has 3 aromatic heterocycles. The van der Waals surface area contributed by atoms with Crippen LogP contribution in [0.15, 0.2) is 89.9 Å². The van der Waals surface area contributed by atoms with Crippen molar-refractivity contribution >= 4 is 5.91 Å². The van der Waals surface area contributed by atoms with Gasteiger partial charge < -0.3 is 14.8 Å². The molecule has 37 heavy (non-hydrogen) atoms. The van der Waals surface area contributed by atoms with E-state index >= 15 is 0 Å². The van der Waals surface area contributed by atoms with E-state index in [1.165, 1.54) is 6.20 Å². The summed E-state index contributed by atoms with van der Waals surface area (Å²) in [5.74, 6) is 1.11. The molecule has 3 heterocycles. The van der Waals surface area contributed by atoms with Crippen LogP contribution in [0.1, 0.15) is 35.7 Å². The van der Waals surface area contributed by atoms with E-state index in [9.17, 15) is 10.1 Å². The minimum Gasteiger partial charge on any atom is -0.493 e. The van der Waals surface area contributed by atoms with Gasteiger partial charge in [0.2, 0.25) is 0 Å². The molecule has 0 atom stereocenters. The Labute approximate surface area is 216 Å². The summed E-state index contributed by atoms with van der Waals surface area (Å²) in [6.45, 7) is 2.37. The maximum Gasteiger partial charge on any atom is 0.253 e. The smallest absolute Gasteiger partial charge is 0.253 e. The fourth-order valence-electron chi connectivity index (χ4n) is 4.06. The second-order valence-electron chi connectivity index (χ2n) is 8.47. The molecule has 4 rings (SSSR count). The van der Waals surface area contributed by atoms with Gasteiger partial charge in [-0.2, -0.15) is 5.26 Å². The zero-order valence-corrected chi connectivity index (χ0v) is 21.0. The normalized spacial score (nSPS) is 13.5. The van der Waals surface area contributed by atoms with E-state index in [4.69, 9.17) is 9.47 Å². The van der Waals surface area contributed by atoms with E-state index in [0.717, 1.165) is 29.7 Å². The van der Waals surface area contributed by atoms with Gasteiger partial charge in [-0.05, 0) is 55.7 Å². The van der Waals surface area contributed by atoms with Crippen LogP contribution in [0.4, 0.5) is 0 Å². The number of carbonyl (C=O) groups is 1. The topological polar surface area (TPSA) is 110 Å². The van der Waals surface area contributed by atoms with Gasteiger partial charge in [-0.1, -0.05) is 17.7 Å². The molecule has 0 unspecified atom stereocenters. The van der Waals surface area contributed by atoms with Crippen molar-refractivity contribution in [2.24, 2.45) is 0 Å². The molecule has 0 bridgehead atoms. The first kappa shape index (κ1) is 25.3. The van der Waals surface area contributed by atoms with Crippen LogP contribution in [0.5, 0.6) is 0 Å². The molecule has 8 heteroatoms. The van der Waals surface area contributed by atoms with E-state index in [-0.39, 0.29) is 5.91 Å². The summed E-state index contributed by atoms with van der Waals surface area (Å²) in [6, 6.07) is 11.0. The van der Waals surface area contributed by atoms with E-state index in [0.29, 0.717) is 45.9 Å². The highest BCUT2D eigenvalue weighted by Gasteiger charge is 2.18. The lowest BCUT2D eigenvalue weighted by molar-refractivity contribution is 0.0957. The van der Waals surface area contributed by atoms with Gasteiger partial charge in [0.25, 0.3) is 5.91 Å². The highest BCUT2D eigenvalue weighted by molar-refractivity contribution is 6.00. The predicted molar refractivity (Wildman–Crippen MR) is 140 cm³/mol. The lowest BCUT2D eigenvalue weighted by Gasteiger charge is -2.17. The molecule has 1 N–H and O–H groups in total. The summed E-state index contributed by atoms with van der Waals surface area (Å²) in [5.41, 5.74) is 5.39. The third kappa shape index (κ3) is 5.90. The van der Waals surface area contributed by atoms with Gasteiger partial charge in [-0.25, -0.2) is 0 Å². The highest BCUT2D eigenvalue weighted by atomic mass is 16.5. The number of pyridine rings is 3. The lowest BCUT2D eigenvalue weighted by Crippen LogP contribution is -2.26. The maximum absolute atomic E-state index is 13.5. The van der Waals surface area contributed by atoms with E-state index in [2.05, 4.69) is 26.3 Å². The number of hydrogen-bond donors (Lipinski definition) is 1. The number of carbonyl (C=O) groups excluding carboxylic acids is 1. The van der Waals surface area contributed by atoms with Gasteiger partial charge >= 0.3 is 0 Å². The number of nitrogens with one attached hydrogen (secondary N) is 1. The summed E-state index contributed by atoms with van der Waals surface area (Å²) >= 11 is 0. The largest absolute Gasteiger partial charge is 0.493 e. The SMILES string of the molecule is COC1=CC=C(CNC(=O)c2cc(-c3cncc(C#N)c3)cnc2-c2ccccn2)CCC(C)=C1OC. The first-order valence-corrected chi connectivity index (χ1v) is 11.8. The zero-order valence-electron chi connectivity index (χ0n) is 21.0. The minimum absolute atomic E-state index is 0.275. The van der Waals surface area contributed by atoms with Crippen LogP contribution in [0.25, 0.3) is 22.5 Å². The number of methoxy groups -OCH3 is 2. The van der Waals surface area contributed by atoms with Gasteiger partial charge in [0.1, 0.15) is 11.8 Å². The third-order valence-electron chi connectivity index (χ3n) is 6.04. The van der Waals surface area contributed by atoms with Gasteiger partial charge in [0, 0.05) is 42.5 Å². The van der Waals surface area contributed by atoms with Crippen molar-refractivity contribution in [2.45, 2.75) is 19.8 Å². The molecule has 0 saturated carbocycles. The molecule has 0 radical (unpaired) electrons. The summed E-state index contributed by atoms with van der Waals surface area (Å²) < 4.78 is 11.0. The Balaban J connectivity index is 1.64. The Morgan fingerprint density at radius 3 is 2.62 bits per heavy atom. The van der Waals surface area contributed by atoms with E-state index in [1.54, 1.807) is 44.9 Å². The Kier molecular flexibility index (Phi) is 8.06. The standard InChI is InChI=1S/C29H27N5O3/c1-19-7-8-20(9-10-26(36-2)28(19)37-3)16-34-29(35)24-13-23(22-12-21(14-30)15-31-17-22)18-33-27(24)25-6-4-5-11-32-25/h4-6,9-13,15,17-18H,7-8,16H2,1-3H3,(H,34,35). The van der Waals surface area contributed by atoms with Crippen LogP contribution in [-0.4, -0.2) is 41.6 Å². The minimum atomic E-state index is -0.275. The molecule has 1 amide bonds. The number of aromatic nitrogens is 3. The number of allylic oxidation sites excluding steroid dienone is 3. The molecule has 1 aliphatic carbocycles. The fraction of sp³-hybridized carbons (Fsp3) is 0.207. The van der Waals surface area contributed by atoms with Gasteiger partial charge in [0.05, 0.1) is 31.0 Å². The molecule has 0 spiro atoms. The Bertz CT molecular complexity index is 1440. The first-order valence-electron chi connectivity index (χ1n) is 11.8. The monoisotopic (exact) mass is 493 g/mol. The van der Waals surface area contributed by atoms with Crippen LogP contribution in [-0.2, 0) is 9.47 Å². The predicted octanol–water partition coefficient (Wildman–Crippen LogP) is 4.98. The number of ether oxygens (including phenoxy) is 2. The highest BCUT2D eigenvalue weighted by Crippen LogP contribution is 2.27. The summed E-state index contributed by atoms with van der Waals surface area (Å²) in [7, 11) is 3.24. The van der Waals surface area contributed by atoms with Gasteiger partial charge in [0.15, 0.2) is 11.5 Å². The van der Waals surface area contributed by atoms with Crippen LogP contribution >= 0.6 is 0 Å². The average molecular weight is 494 g/mol. The molecular weight excluding hydrogens is 466 g/mol. The molecule has 186 valence electrons. The Morgan fingerprint density at radius 2 is 1.89 bits per heavy atom. The van der Waals surface area contributed by atoms with Crippen molar-refractivity contribution in [3.05, 3.63) is 101 Å². The van der Waals surface area contributed by atoms with Crippen molar-refractivity contribution in [1.29, 1.82) is 5.26 Å². The maximum atomic E-state index is 13.5. The number of nitrogens with zero attached hydrogens (tertiary/aromatic N) is 4. The molecular formula is C29H27N5O3. The number of nitriles is 1.